The lowest BCUT2D eigenvalue weighted by Gasteiger charge is -2.06. The first-order valence-electron chi connectivity index (χ1n) is 7.02. The Hall–Kier alpha value is -1.30. The number of carboxylic acids is 1. The minimum absolute atomic E-state index is 0.125. The molecule has 0 saturated carbocycles. The molecule has 0 amide bonds. The zero-order valence-corrected chi connectivity index (χ0v) is 11.4. The van der Waals surface area contributed by atoms with Gasteiger partial charge in [0.15, 0.2) is 0 Å². The van der Waals surface area contributed by atoms with Crippen LogP contribution in [0.5, 0.6) is 0 Å². The van der Waals surface area contributed by atoms with Crippen LogP contribution in [0.1, 0.15) is 71.1 Å². The van der Waals surface area contributed by atoms with Crippen LogP contribution in [0.25, 0.3) is 0 Å². The third-order valence-corrected chi connectivity index (χ3v) is 3.05. The molecule has 0 bridgehead atoms. The van der Waals surface area contributed by atoms with E-state index < -0.39 is 5.97 Å². The number of unbranched alkanes of at least 4 members (excludes halogenated alkanes) is 8. The average molecular weight is 250 g/mol. The molecule has 0 fully saturated rings. The number of allylic oxidation sites excluding steroid dienone is 1. The molecule has 0 spiro atoms. The summed E-state index contributed by atoms with van der Waals surface area (Å²) in [5, 5.41) is 19.0. The summed E-state index contributed by atoms with van der Waals surface area (Å²) in [6.45, 7) is 2.21. The first kappa shape index (κ1) is 16.7. The molecule has 0 heterocycles. The fourth-order valence-corrected chi connectivity index (χ4v) is 1.94. The van der Waals surface area contributed by atoms with Crippen molar-refractivity contribution in [3.8, 4) is 6.07 Å². The molecular weight excluding hydrogens is 226 g/mol. The highest BCUT2D eigenvalue weighted by Gasteiger charge is 1.98. The zero-order valence-electron chi connectivity index (χ0n) is 11.4. The molecule has 0 aromatic carbocycles. The van der Waals surface area contributed by atoms with E-state index in [2.05, 4.69) is 6.92 Å². The van der Waals surface area contributed by atoms with Crippen molar-refractivity contribution in [1.82, 2.24) is 0 Å². The van der Waals surface area contributed by atoms with Gasteiger partial charge in [-0.25, -0.2) is 0 Å². The second-order valence-electron chi connectivity index (χ2n) is 4.66. The summed E-state index contributed by atoms with van der Waals surface area (Å²) in [5.41, 5.74) is 0.125. The van der Waals surface area contributed by atoms with Crippen LogP contribution in [-0.4, -0.2) is 5.97 Å². The number of carbonyl (C=O) groups excluding carboxylic acids is 1. The summed E-state index contributed by atoms with van der Waals surface area (Å²) in [7, 11) is 0. The summed E-state index contributed by atoms with van der Waals surface area (Å²) in [6.07, 6.45) is 12.3. The molecule has 3 nitrogen and oxygen atoms in total. The van der Waals surface area contributed by atoms with Gasteiger partial charge in [-0.05, 0) is 18.4 Å². The van der Waals surface area contributed by atoms with E-state index in [-0.39, 0.29) is 5.57 Å². The van der Waals surface area contributed by atoms with Gasteiger partial charge < -0.3 is 9.90 Å². The van der Waals surface area contributed by atoms with Crippen LogP contribution < -0.4 is 5.11 Å². The highest BCUT2D eigenvalue weighted by Crippen LogP contribution is 2.12. The Balaban J connectivity index is 3.42. The number of hydrogen-bond donors (Lipinski definition) is 0. The molecule has 0 atom stereocenters. The van der Waals surface area contributed by atoms with Crippen molar-refractivity contribution >= 4 is 5.97 Å². The van der Waals surface area contributed by atoms with E-state index in [1.54, 1.807) is 6.07 Å². The van der Waals surface area contributed by atoms with Gasteiger partial charge in [0.2, 0.25) is 0 Å². The standard InChI is InChI=1S/C15H25NO2/c1-2-3-4-5-6-7-8-9-10-11-14(12-13-16)15(17)18/h12H,2-11H2,1H3,(H,17,18)/p-1/b14-12-. The Bertz CT molecular complexity index is 289. The fourth-order valence-electron chi connectivity index (χ4n) is 1.94. The molecule has 0 aliphatic rings. The predicted octanol–water partition coefficient (Wildman–Crippen LogP) is 3.11. The van der Waals surface area contributed by atoms with Gasteiger partial charge in [-0.1, -0.05) is 58.3 Å². The van der Waals surface area contributed by atoms with Crippen LogP contribution in [0.4, 0.5) is 0 Å². The van der Waals surface area contributed by atoms with Crippen LogP contribution in [-0.2, 0) is 4.79 Å². The maximum absolute atomic E-state index is 10.6. The van der Waals surface area contributed by atoms with E-state index >= 15 is 0 Å². The van der Waals surface area contributed by atoms with E-state index in [0.717, 1.165) is 25.3 Å². The molecule has 0 N–H and O–H groups in total. The first-order valence-corrected chi connectivity index (χ1v) is 7.02. The van der Waals surface area contributed by atoms with Crippen molar-refractivity contribution in [3.63, 3.8) is 0 Å². The number of aliphatic carboxylic acids is 1. The van der Waals surface area contributed by atoms with E-state index in [0.29, 0.717) is 6.42 Å². The smallest absolute Gasteiger partial charge is 0.0915 e. The Morgan fingerprint density at radius 3 is 2.00 bits per heavy atom. The van der Waals surface area contributed by atoms with E-state index in [4.69, 9.17) is 5.26 Å². The highest BCUT2D eigenvalue weighted by atomic mass is 16.4. The van der Waals surface area contributed by atoms with Gasteiger partial charge in [-0.3, -0.25) is 0 Å². The van der Waals surface area contributed by atoms with Gasteiger partial charge >= 0.3 is 0 Å². The third kappa shape index (κ3) is 9.89. The molecule has 0 aromatic rings. The first-order chi connectivity index (χ1) is 8.72. The predicted molar refractivity (Wildman–Crippen MR) is 70.5 cm³/mol. The number of hydrogen-bond acceptors (Lipinski definition) is 3. The maximum Gasteiger partial charge on any atom is 0.0915 e. The van der Waals surface area contributed by atoms with E-state index in [9.17, 15) is 9.90 Å². The van der Waals surface area contributed by atoms with Gasteiger partial charge in [-0.2, -0.15) is 5.26 Å². The number of nitriles is 1. The van der Waals surface area contributed by atoms with Gasteiger partial charge in [0, 0.05) is 6.08 Å². The Kier molecular flexibility index (Phi) is 11.3. The molecule has 3 heteroatoms. The lowest BCUT2D eigenvalue weighted by atomic mass is 10.0. The topological polar surface area (TPSA) is 63.9 Å². The average Bonchev–Trinajstić information content (AvgIpc) is 2.35. The van der Waals surface area contributed by atoms with E-state index in [1.165, 1.54) is 38.5 Å². The second-order valence-corrected chi connectivity index (χ2v) is 4.66. The zero-order chi connectivity index (χ0) is 13.6. The van der Waals surface area contributed by atoms with Crippen LogP contribution in [0.15, 0.2) is 11.6 Å². The Morgan fingerprint density at radius 1 is 1.06 bits per heavy atom. The molecule has 0 aromatic heterocycles. The summed E-state index contributed by atoms with van der Waals surface area (Å²) in [6, 6.07) is 1.75. The number of carbonyl (C=O) groups is 1. The summed E-state index contributed by atoms with van der Waals surface area (Å²) < 4.78 is 0. The van der Waals surface area contributed by atoms with Gasteiger partial charge in [0.1, 0.15) is 0 Å². The molecule has 0 aliphatic heterocycles. The molecule has 0 aliphatic carbocycles. The van der Waals surface area contributed by atoms with Crippen molar-refractivity contribution in [1.29, 1.82) is 5.26 Å². The van der Waals surface area contributed by atoms with E-state index in [1.807, 2.05) is 0 Å². The molecule has 0 unspecified atom stereocenters. The SMILES string of the molecule is CCCCCCCCCCC/C(=C/C#N)C(=O)[O-]. The van der Waals surface area contributed by atoms with Crippen LogP contribution in [0, 0.1) is 11.3 Å². The Labute approximate surface area is 111 Å². The normalized spacial score (nSPS) is 11.2. The highest BCUT2D eigenvalue weighted by molar-refractivity contribution is 5.85. The quantitative estimate of drug-likeness (QED) is 0.321. The van der Waals surface area contributed by atoms with Gasteiger partial charge in [0.25, 0.3) is 0 Å². The monoisotopic (exact) mass is 250 g/mol. The molecule has 102 valence electrons. The largest absolute Gasteiger partial charge is 0.545 e. The van der Waals surface area contributed by atoms with Gasteiger partial charge in [-0.15, -0.1) is 0 Å². The summed E-state index contributed by atoms with van der Waals surface area (Å²) in [4.78, 5) is 10.6. The fraction of sp³-hybridized carbons (Fsp3) is 0.733. The number of rotatable bonds is 11. The van der Waals surface area contributed by atoms with Crippen LogP contribution in [0.3, 0.4) is 0 Å². The third-order valence-electron chi connectivity index (χ3n) is 3.05. The van der Waals surface area contributed by atoms with Crippen molar-refractivity contribution in [2.45, 2.75) is 71.1 Å². The van der Waals surface area contributed by atoms with Crippen molar-refractivity contribution in [2.75, 3.05) is 0 Å². The van der Waals surface area contributed by atoms with Crippen LogP contribution >= 0.6 is 0 Å². The lowest BCUT2D eigenvalue weighted by molar-refractivity contribution is -0.299. The Morgan fingerprint density at radius 2 is 1.56 bits per heavy atom. The minimum Gasteiger partial charge on any atom is -0.545 e. The number of nitrogens with zero attached hydrogens (tertiary/aromatic N) is 1. The summed E-state index contributed by atoms with van der Waals surface area (Å²) >= 11 is 0. The van der Waals surface area contributed by atoms with Crippen LogP contribution in [0.2, 0.25) is 0 Å². The molecule has 0 saturated heterocycles. The second kappa shape index (κ2) is 12.2. The van der Waals surface area contributed by atoms with Crippen molar-refractivity contribution < 1.29 is 9.90 Å². The lowest BCUT2D eigenvalue weighted by Crippen LogP contribution is -2.24. The minimum atomic E-state index is -1.21. The molecular formula is C15H24NO2-. The maximum atomic E-state index is 10.6. The molecule has 0 rings (SSSR count). The summed E-state index contributed by atoms with van der Waals surface area (Å²) in [5.74, 6) is -1.21. The molecule has 18 heavy (non-hydrogen) atoms. The van der Waals surface area contributed by atoms with Crippen molar-refractivity contribution in [2.24, 2.45) is 0 Å². The van der Waals surface area contributed by atoms with Gasteiger partial charge in [0.05, 0.1) is 12.0 Å². The molecule has 0 radical (unpaired) electrons. The number of carboxylic acid groups (broad SMARTS) is 1. The van der Waals surface area contributed by atoms with Crippen molar-refractivity contribution in [3.05, 3.63) is 11.6 Å².